The number of nitrogens with zero attached hydrogens (tertiary/aromatic N) is 1. The van der Waals surface area contributed by atoms with Crippen LogP contribution in [0.1, 0.15) is 28.3 Å². The zero-order valence-electron chi connectivity index (χ0n) is 16.9. The second kappa shape index (κ2) is 8.53. The number of Topliss-reactive ketones (excluding diaryl/α,β-unsaturated/α-hetero) is 1. The molecule has 1 aliphatic rings. The summed E-state index contributed by atoms with van der Waals surface area (Å²) in [5.41, 5.74) is -0.134. The van der Waals surface area contributed by atoms with Gasteiger partial charge in [0.15, 0.2) is 5.78 Å². The number of hydrogen-bond acceptors (Lipinski definition) is 5. The number of benzene rings is 3. The Morgan fingerprint density at radius 1 is 0.968 bits per heavy atom. The van der Waals surface area contributed by atoms with E-state index in [9.17, 15) is 14.7 Å². The van der Waals surface area contributed by atoms with Gasteiger partial charge in [-0.2, -0.15) is 0 Å². The van der Waals surface area contributed by atoms with Gasteiger partial charge >= 0.3 is 5.97 Å². The van der Waals surface area contributed by atoms with Crippen molar-refractivity contribution in [3.8, 4) is 0 Å². The summed E-state index contributed by atoms with van der Waals surface area (Å²) < 4.78 is 4.96. The molecule has 0 bridgehead atoms. The third-order valence-electron chi connectivity index (χ3n) is 5.73. The lowest BCUT2D eigenvalue weighted by atomic mass is 9.86. The van der Waals surface area contributed by atoms with Crippen LogP contribution in [0.15, 0.2) is 84.9 Å². The summed E-state index contributed by atoms with van der Waals surface area (Å²) in [5.74, 6) is -1.45. The molecular weight excluding hydrogens is 414 g/mol. The summed E-state index contributed by atoms with van der Waals surface area (Å²) in [6, 6.07) is 24.2. The van der Waals surface area contributed by atoms with Gasteiger partial charge in [0.1, 0.15) is 6.04 Å². The molecule has 0 radical (unpaired) electrons. The average molecular weight is 436 g/mol. The Morgan fingerprint density at radius 2 is 1.55 bits per heavy atom. The van der Waals surface area contributed by atoms with Gasteiger partial charge in [-0.25, -0.2) is 4.79 Å². The normalized spacial score (nSPS) is 22.9. The summed E-state index contributed by atoms with van der Waals surface area (Å²) in [7, 11) is 1.23. The molecular formula is C25H22ClNO4. The van der Waals surface area contributed by atoms with Gasteiger partial charge in [0.2, 0.25) is 5.72 Å². The molecule has 3 atom stereocenters. The first-order valence-electron chi connectivity index (χ1n) is 9.95. The minimum Gasteiger partial charge on any atom is -0.465 e. The van der Waals surface area contributed by atoms with Crippen LogP contribution >= 0.6 is 11.6 Å². The van der Waals surface area contributed by atoms with E-state index in [1.165, 1.54) is 12.0 Å². The van der Waals surface area contributed by atoms with Gasteiger partial charge < -0.3 is 14.7 Å². The molecule has 1 saturated heterocycles. The largest absolute Gasteiger partial charge is 0.465 e. The lowest BCUT2D eigenvalue weighted by Gasteiger charge is -2.36. The zero-order chi connectivity index (χ0) is 22.0. The summed E-state index contributed by atoms with van der Waals surface area (Å²) >= 11 is 6.01. The lowest BCUT2D eigenvalue weighted by Crippen LogP contribution is -2.55. The number of carbonyl (C=O) groups excluding carboxylic acids is 2. The van der Waals surface area contributed by atoms with Crippen molar-refractivity contribution in [1.82, 2.24) is 0 Å². The molecule has 158 valence electrons. The van der Waals surface area contributed by atoms with Crippen LogP contribution in [0, 0.1) is 0 Å². The van der Waals surface area contributed by atoms with Crippen LogP contribution in [-0.4, -0.2) is 35.7 Å². The predicted molar refractivity (Wildman–Crippen MR) is 119 cm³/mol. The van der Waals surface area contributed by atoms with Crippen LogP contribution in [0.3, 0.4) is 0 Å². The first kappa shape index (κ1) is 21.1. The van der Waals surface area contributed by atoms with Crippen molar-refractivity contribution >= 4 is 29.0 Å². The van der Waals surface area contributed by atoms with Gasteiger partial charge in [0.25, 0.3) is 0 Å². The molecule has 1 aliphatic heterocycles. The van der Waals surface area contributed by atoms with Crippen LogP contribution < -0.4 is 4.90 Å². The molecule has 1 fully saturated rings. The zero-order valence-corrected chi connectivity index (χ0v) is 17.7. The molecule has 6 heteroatoms. The van der Waals surface area contributed by atoms with E-state index in [2.05, 4.69) is 0 Å². The van der Waals surface area contributed by atoms with Gasteiger partial charge in [-0.3, -0.25) is 4.79 Å². The molecule has 31 heavy (non-hydrogen) atoms. The summed E-state index contributed by atoms with van der Waals surface area (Å²) in [6.07, 6.45) is 0.0164. The molecule has 0 amide bonds. The van der Waals surface area contributed by atoms with Crippen LogP contribution in [0.2, 0.25) is 5.02 Å². The average Bonchev–Trinajstić information content (AvgIpc) is 3.14. The Bertz CT molecular complexity index is 1070. The van der Waals surface area contributed by atoms with E-state index >= 15 is 0 Å². The van der Waals surface area contributed by atoms with E-state index in [4.69, 9.17) is 16.3 Å². The van der Waals surface area contributed by atoms with Gasteiger partial charge in [0.05, 0.1) is 7.11 Å². The SMILES string of the molecule is COC(=O)[C@@]1(O)C[C@@H](c2ccccc2)[C@H](C(=O)c2ccc(Cl)cc2)N1c1ccccc1. The Balaban J connectivity index is 1.90. The second-order valence-corrected chi connectivity index (χ2v) is 7.99. The number of methoxy groups -OCH3 is 1. The third kappa shape index (κ3) is 3.82. The van der Waals surface area contributed by atoms with Crippen LogP contribution in [0.25, 0.3) is 0 Å². The maximum absolute atomic E-state index is 13.8. The second-order valence-electron chi connectivity index (χ2n) is 7.55. The predicted octanol–water partition coefficient (Wildman–Crippen LogP) is 4.45. The molecule has 0 aromatic heterocycles. The number of para-hydroxylation sites is 1. The number of halogens is 1. The van der Waals surface area contributed by atoms with Crippen LogP contribution in [-0.2, 0) is 9.53 Å². The molecule has 3 aromatic rings. The first-order valence-corrected chi connectivity index (χ1v) is 10.3. The first-order chi connectivity index (χ1) is 15.0. The molecule has 0 saturated carbocycles. The van der Waals surface area contributed by atoms with Gasteiger partial charge in [-0.05, 0) is 42.0 Å². The van der Waals surface area contributed by atoms with Crippen LogP contribution in [0.5, 0.6) is 0 Å². The maximum atomic E-state index is 13.8. The molecule has 4 rings (SSSR count). The van der Waals surface area contributed by atoms with Gasteiger partial charge in [-0.1, -0.05) is 60.1 Å². The number of ether oxygens (including phenoxy) is 1. The Morgan fingerprint density at radius 3 is 2.13 bits per heavy atom. The fraction of sp³-hybridized carbons (Fsp3) is 0.200. The monoisotopic (exact) mass is 435 g/mol. The fourth-order valence-corrected chi connectivity index (χ4v) is 4.45. The molecule has 1 heterocycles. The van der Waals surface area contributed by atoms with Gasteiger partial charge in [-0.15, -0.1) is 0 Å². The number of aliphatic hydroxyl groups is 1. The van der Waals surface area contributed by atoms with Gasteiger partial charge in [0, 0.05) is 28.6 Å². The lowest BCUT2D eigenvalue weighted by molar-refractivity contribution is -0.161. The number of anilines is 1. The van der Waals surface area contributed by atoms with Crippen molar-refractivity contribution in [1.29, 1.82) is 0 Å². The molecule has 1 N–H and O–H groups in total. The standard InChI is InChI=1S/C25H22ClNO4/c1-31-24(29)25(30)16-21(17-8-4-2-5-9-17)22(27(25)20-10-6-3-7-11-20)23(28)18-12-14-19(26)15-13-18/h2-15,21-22,30H,16H2,1H3/t21-,22+,25-/m0/s1. The van der Waals surface area contributed by atoms with Crippen molar-refractivity contribution in [3.05, 3.63) is 101 Å². The van der Waals surface area contributed by atoms with Crippen molar-refractivity contribution < 1.29 is 19.4 Å². The highest BCUT2D eigenvalue weighted by Crippen LogP contribution is 2.46. The molecule has 3 aromatic carbocycles. The molecule has 0 spiro atoms. The number of carbonyl (C=O) groups is 2. The number of rotatable bonds is 5. The van der Waals surface area contributed by atoms with Crippen molar-refractivity contribution in [2.45, 2.75) is 24.1 Å². The third-order valence-corrected chi connectivity index (χ3v) is 5.99. The van der Waals surface area contributed by atoms with E-state index in [-0.39, 0.29) is 12.2 Å². The quantitative estimate of drug-likeness (QED) is 0.474. The number of ketones is 1. The van der Waals surface area contributed by atoms with Crippen LogP contribution in [0.4, 0.5) is 5.69 Å². The molecule has 0 unspecified atom stereocenters. The Kier molecular flexibility index (Phi) is 5.81. The Labute approximate surface area is 185 Å². The topological polar surface area (TPSA) is 66.8 Å². The highest BCUT2D eigenvalue weighted by molar-refractivity contribution is 6.30. The summed E-state index contributed by atoms with van der Waals surface area (Å²) in [5, 5.41) is 12.1. The van der Waals surface area contributed by atoms with Crippen molar-refractivity contribution in [3.63, 3.8) is 0 Å². The molecule has 5 nitrogen and oxygen atoms in total. The highest BCUT2D eigenvalue weighted by atomic mass is 35.5. The minimum atomic E-state index is -2.00. The van der Waals surface area contributed by atoms with E-state index in [1.807, 2.05) is 36.4 Å². The fourth-order valence-electron chi connectivity index (χ4n) is 4.32. The van der Waals surface area contributed by atoms with E-state index in [1.54, 1.807) is 48.5 Å². The maximum Gasteiger partial charge on any atom is 0.359 e. The molecule has 0 aliphatic carbocycles. The summed E-state index contributed by atoms with van der Waals surface area (Å²) in [6.45, 7) is 0. The number of esters is 1. The minimum absolute atomic E-state index is 0.0164. The summed E-state index contributed by atoms with van der Waals surface area (Å²) in [4.78, 5) is 28.1. The van der Waals surface area contributed by atoms with E-state index < -0.39 is 23.7 Å². The van der Waals surface area contributed by atoms with Crippen molar-refractivity contribution in [2.24, 2.45) is 0 Å². The van der Waals surface area contributed by atoms with E-state index in [0.29, 0.717) is 16.3 Å². The van der Waals surface area contributed by atoms with E-state index in [0.717, 1.165) is 5.56 Å². The Hall–Kier alpha value is -3.15. The number of hydrogen-bond donors (Lipinski definition) is 1. The smallest absolute Gasteiger partial charge is 0.359 e. The van der Waals surface area contributed by atoms with Crippen molar-refractivity contribution in [2.75, 3.05) is 12.0 Å². The highest BCUT2D eigenvalue weighted by Gasteiger charge is 2.58.